The predicted octanol–water partition coefficient (Wildman–Crippen LogP) is 2.87. The summed E-state index contributed by atoms with van der Waals surface area (Å²) >= 11 is 0. The first-order valence-electron chi connectivity index (χ1n) is 5.12. The van der Waals surface area contributed by atoms with Crippen molar-refractivity contribution < 1.29 is 9.18 Å². The Kier molecular flexibility index (Phi) is 3.83. The molecule has 0 aliphatic heterocycles. The molecule has 1 rings (SSSR count). The number of hydrogen-bond acceptors (Lipinski definition) is 2. The Hall–Kier alpha value is -1.38. The molecule has 0 spiro atoms. The van der Waals surface area contributed by atoms with E-state index in [9.17, 15) is 9.18 Å². The highest BCUT2D eigenvalue weighted by atomic mass is 19.1. The van der Waals surface area contributed by atoms with Crippen LogP contribution in [0.15, 0.2) is 18.2 Å². The molecule has 0 saturated carbocycles. The van der Waals surface area contributed by atoms with Crippen LogP contribution in [-0.2, 0) is 0 Å². The van der Waals surface area contributed by atoms with Crippen LogP contribution in [0, 0.1) is 5.82 Å². The van der Waals surface area contributed by atoms with Gasteiger partial charge in [0.2, 0.25) is 0 Å². The smallest absolute Gasteiger partial charge is 0.155 e. The predicted molar refractivity (Wildman–Crippen MR) is 59.9 cm³/mol. The zero-order chi connectivity index (χ0) is 11.4. The summed E-state index contributed by atoms with van der Waals surface area (Å²) in [5.74, 6) is -0.457. The molecular weight excluding hydrogens is 193 g/mol. The fraction of sp³-hybridized carbons (Fsp3) is 0.417. The number of benzene rings is 1. The molecule has 0 saturated heterocycles. The van der Waals surface area contributed by atoms with Crippen molar-refractivity contribution in [3.8, 4) is 0 Å². The van der Waals surface area contributed by atoms with Crippen LogP contribution in [0.2, 0.25) is 0 Å². The van der Waals surface area contributed by atoms with Crippen molar-refractivity contribution >= 4 is 12.0 Å². The topological polar surface area (TPSA) is 20.3 Å². The van der Waals surface area contributed by atoms with Gasteiger partial charge >= 0.3 is 0 Å². The number of carbonyl (C=O) groups excluding carboxylic acids is 1. The van der Waals surface area contributed by atoms with Gasteiger partial charge in [0.25, 0.3) is 0 Å². The molecule has 3 heteroatoms. The fourth-order valence-electron chi connectivity index (χ4n) is 1.71. The second-order valence-electron chi connectivity index (χ2n) is 3.67. The van der Waals surface area contributed by atoms with Crippen LogP contribution in [0.3, 0.4) is 0 Å². The van der Waals surface area contributed by atoms with Gasteiger partial charge in [-0.3, -0.25) is 4.79 Å². The SMILES string of the molecule is CCN(c1cccc(F)c1C=O)C(C)C. The zero-order valence-electron chi connectivity index (χ0n) is 9.33. The van der Waals surface area contributed by atoms with Crippen LogP contribution >= 0.6 is 0 Å². The van der Waals surface area contributed by atoms with E-state index < -0.39 is 5.82 Å². The summed E-state index contributed by atoms with van der Waals surface area (Å²) in [5.41, 5.74) is 0.815. The molecule has 0 unspecified atom stereocenters. The average molecular weight is 209 g/mol. The minimum absolute atomic E-state index is 0.146. The second-order valence-corrected chi connectivity index (χ2v) is 3.67. The molecule has 0 bridgehead atoms. The average Bonchev–Trinajstić information content (AvgIpc) is 2.18. The Balaban J connectivity index is 3.22. The summed E-state index contributed by atoms with van der Waals surface area (Å²) in [5, 5.41) is 0. The summed E-state index contributed by atoms with van der Waals surface area (Å²) in [7, 11) is 0. The van der Waals surface area contributed by atoms with E-state index in [2.05, 4.69) is 0 Å². The molecule has 15 heavy (non-hydrogen) atoms. The van der Waals surface area contributed by atoms with Gasteiger partial charge in [-0.25, -0.2) is 4.39 Å². The molecule has 0 radical (unpaired) electrons. The molecule has 0 aliphatic carbocycles. The highest BCUT2D eigenvalue weighted by molar-refractivity contribution is 5.85. The van der Waals surface area contributed by atoms with Crippen LogP contribution in [0.4, 0.5) is 10.1 Å². The summed E-state index contributed by atoms with van der Waals surface area (Å²) in [6.07, 6.45) is 0.579. The van der Waals surface area contributed by atoms with Crippen LogP contribution in [-0.4, -0.2) is 18.9 Å². The van der Waals surface area contributed by atoms with Crippen molar-refractivity contribution in [2.45, 2.75) is 26.8 Å². The number of halogens is 1. The Bertz CT molecular complexity index is 349. The first-order valence-corrected chi connectivity index (χ1v) is 5.12. The molecule has 0 fully saturated rings. The fourth-order valence-corrected chi connectivity index (χ4v) is 1.71. The third kappa shape index (κ3) is 2.35. The van der Waals surface area contributed by atoms with Gasteiger partial charge in [-0.1, -0.05) is 6.07 Å². The first kappa shape index (κ1) is 11.7. The number of hydrogen-bond donors (Lipinski definition) is 0. The third-order valence-electron chi connectivity index (χ3n) is 2.42. The minimum atomic E-state index is -0.457. The Labute approximate surface area is 89.7 Å². The van der Waals surface area contributed by atoms with Crippen molar-refractivity contribution in [2.24, 2.45) is 0 Å². The normalized spacial score (nSPS) is 10.5. The van der Waals surface area contributed by atoms with Crippen LogP contribution in [0.1, 0.15) is 31.1 Å². The molecule has 0 atom stereocenters. The maximum atomic E-state index is 13.4. The van der Waals surface area contributed by atoms with Crippen molar-refractivity contribution in [1.29, 1.82) is 0 Å². The van der Waals surface area contributed by atoms with Gasteiger partial charge < -0.3 is 4.90 Å². The van der Waals surface area contributed by atoms with Gasteiger partial charge in [0.1, 0.15) is 5.82 Å². The van der Waals surface area contributed by atoms with Crippen LogP contribution < -0.4 is 4.90 Å². The van der Waals surface area contributed by atoms with Crippen molar-refractivity contribution in [3.63, 3.8) is 0 Å². The standard InChI is InChI=1S/C12H16FNO/c1-4-14(9(2)3)12-7-5-6-11(13)10(12)8-15/h5-9H,4H2,1-3H3. The van der Waals surface area contributed by atoms with E-state index in [1.165, 1.54) is 6.07 Å². The van der Waals surface area contributed by atoms with Gasteiger partial charge in [-0.2, -0.15) is 0 Å². The van der Waals surface area contributed by atoms with E-state index in [0.717, 1.165) is 6.54 Å². The molecular formula is C12H16FNO. The first-order chi connectivity index (χ1) is 7.11. The number of carbonyl (C=O) groups is 1. The van der Waals surface area contributed by atoms with Gasteiger partial charge in [0.15, 0.2) is 6.29 Å². The van der Waals surface area contributed by atoms with E-state index in [1.54, 1.807) is 12.1 Å². The highest BCUT2D eigenvalue weighted by Crippen LogP contribution is 2.23. The number of aldehydes is 1. The van der Waals surface area contributed by atoms with Crippen LogP contribution in [0.5, 0.6) is 0 Å². The number of nitrogens with zero attached hydrogens (tertiary/aromatic N) is 1. The summed E-state index contributed by atoms with van der Waals surface area (Å²) < 4.78 is 13.4. The lowest BCUT2D eigenvalue weighted by Gasteiger charge is -2.28. The van der Waals surface area contributed by atoms with Gasteiger partial charge in [-0.15, -0.1) is 0 Å². The molecule has 0 N–H and O–H groups in total. The lowest BCUT2D eigenvalue weighted by Crippen LogP contribution is -2.31. The van der Waals surface area contributed by atoms with Crippen molar-refractivity contribution in [1.82, 2.24) is 0 Å². The Morgan fingerprint density at radius 1 is 1.47 bits per heavy atom. The lowest BCUT2D eigenvalue weighted by atomic mass is 10.1. The quantitative estimate of drug-likeness (QED) is 0.711. The minimum Gasteiger partial charge on any atom is -0.369 e. The molecule has 2 nitrogen and oxygen atoms in total. The van der Waals surface area contributed by atoms with Gasteiger partial charge in [-0.05, 0) is 32.9 Å². The molecule has 0 amide bonds. The van der Waals surface area contributed by atoms with E-state index in [1.807, 2.05) is 25.7 Å². The lowest BCUT2D eigenvalue weighted by molar-refractivity contribution is 0.112. The number of anilines is 1. The monoisotopic (exact) mass is 209 g/mol. The molecule has 1 aromatic rings. The second kappa shape index (κ2) is 4.91. The summed E-state index contributed by atoms with van der Waals surface area (Å²) in [6, 6.07) is 4.95. The Morgan fingerprint density at radius 2 is 2.13 bits per heavy atom. The summed E-state index contributed by atoms with van der Waals surface area (Å²) in [6.45, 7) is 6.77. The van der Waals surface area contributed by atoms with E-state index in [-0.39, 0.29) is 11.6 Å². The molecule has 1 aromatic carbocycles. The summed E-state index contributed by atoms with van der Waals surface area (Å²) in [4.78, 5) is 12.8. The largest absolute Gasteiger partial charge is 0.369 e. The zero-order valence-corrected chi connectivity index (χ0v) is 9.33. The molecule has 82 valence electrons. The Morgan fingerprint density at radius 3 is 2.60 bits per heavy atom. The van der Waals surface area contributed by atoms with E-state index in [0.29, 0.717) is 12.0 Å². The molecule has 0 aromatic heterocycles. The maximum absolute atomic E-state index is 13.4. The van der Waals surface area contributed by atoms with Gasteiger partial charge in [0.05, 0.1) is 11.3 Å². The molecule has 0 heterocycles. The van der Waals surface area contributed by atoms with Crippen LogP contribution in [0.25, 0.3) is 0 Å². The third-order valence-corrected chi connectivity index (χ3v) is 2.42. The van der Waals surface area contributed by atoms with Gasteiger partial charge in [0, 0.05) is 12.6 Å². The van der Waals surface area contributed by atoms with Crippen molar-refractivity contribution in [2.75, 3.05) is 11.4 Å². The van der Waals surface area contributed by atoms with E-state index in [4.69, 9.17) is 0 Å². The number of rotatable bonds is 4. The highest BCUT2D eigenvalue weighted by Gasteiger charge is 2.14. The van der Waals surface area contributed by atoms with Crippen molar-refractivity contribution in [3.05, 3.63) is 29.6 Å². The maximum Gasteiger partial charge on any atom is 0.155 e. The van der Waals surface area contributed by atoms with E-state index >= 15 is 0 Å². The molecule has 0 aliphatic rings.